The highest BCUT2D eigenvalue weighted by Crippen LogP contribution is 2.60. The van der Waals surface area contributed by atoms with Gasteiger partial charge in [-0.3, -0.25) is 14.4 Å². The van der Waals surface area contributed by atoms with Crippen LogP contribution in [0.1, 0.15) is 75.7 Å². The Morgan fingerprint density at radius 3 is 2.48 bits per heavy atom. The highest BCUT2D eigenvalue weighted by molar-refractivity contribution is 6.71. The maximum absolute atomic E-state index is 14.9. The molecule has 1 spiro atoms. The van der Waals surface area contributed by atoms with Gasteiger partial charge >= 0.3 is 0 Å². The predicted octanol–water partition coefficient (Wildman–Crippen LogP) is 6.16. The molecule has 50 heavy (non-hydrogen) atoms. The summed E-state index contributed by atoms with van der Waals surface area (Å²) >= 11 is 0. The van der Waals surface area contributed by atoms with Crippen LogP contribution in [-0.2, 0) is 19.9 Å². The van der Waals surface area contributed by atoms with Gasteiger partial charge in [-0.05, 0) is 102 Å². The van der Waals surface area contributed by atoms with E-state index < -0.39 is 31.5 Å². The van der Waals surface area contributed by atoms with E-state index in [0.717, 1.165) is 31.3 Å². The number of amides is 3. The first kappa shape index (κ1) is 37.5. The summed E-state index contributed by atoms with van der Waals surface area (Å²) in [5.41, 5.74) is 2.78. The van der Waals surface area contributed by atoms with Crippen LogP contribution < -0.4 is 15.0 Å². The van der Waals surface area contributed by atoms with Gasteiger partial charge in [0.15, 0.2) is 13.9 Å². The number of hydrogen-bond donors (Lipinski definition) is 3. The Morgan fingerprint density at radius 2 is 1.84 bits per heavy atom. The molecule has 2 aromatic rings. The van der Waals surface area contributed by atoms with Crippen molar-refractivity contribution in [1.82, 2.24) is 4.90 Å². The number of benzene rings is 2. The Bertz CT molecular complexity index is 1650. The summed E-state index contributed by atoms with van der Waals surface area (Å²) in [5, 5.41) is 12.9. The monoisotopic (exact) mass is 703 g/mol. The van der Waals surface area contributed by atoms with Gasteiger partial charge in [0, 0.05) is 41.4 Å². The molecule has 270 valence electrons. The van der Waals surface area contributed by atoms with Crippen LogP contribution in [0, 0.1) is 5.92 Å². The standard InChI is InChI=1S/C39H53N3O7Si/c1-25(2)10-8-11-26(3)19-21-42-33-18-15-29(40-37(45)28-13-16-31(48-5)17-14-28)22-32(33)39(38(42)46)27(4)36(50(6,7)47)34(49-39)23-35(44)41-20-9-12-30(41)24-43/h10,13-19,22,27,30,34,36,43,47H,8-9,11-12,20-21,23-24H2,1-7H3,(H,40,45)/b26-19+/t27-,30+,34+,36-,39+/m1/s1. The molecular formula is C39H53N3O7Si. The van der Waals surface area contributed by atoms with Crippen LogP contribution in [0.25, 0.3) is 0 Å². The van der Waals surface area contributed by atoms with Crippen LogP contribution in [0.3, 0.4) is 0 Å². The smallest absolute Gasteiger partial charge is 0.264 e. The SMILES string of the molecule is COc1ccc(C(=O)Nc2ccc3c(c2)[C@]2(O[C@@H](CC(=O)N4CCC[C@H]4CO)[C@H]([Si](C)(C)O)[C@H]2C)C(=O)N3C/C=C(\C)CCC=C(C)C)cc1. The summed E-state index contributed by atoms with van der Waals surface area (Å²) in [6.07, 6.45) is 6.92. The topological polar surface area (TPSA) is 129 Å². The molecule has 2 saturated heterocycles. The van der Waals surface area contributed by atoms with Gasteiger partial charge in [-0.15, -0.1) is 0 Å². The number of methoxy groups -OCH3 is 1. The second-order valence-electron chi connectivity index (χ2n) is 14.8. The van der Waals surface area contributed by atoms with Crippen molar-refractivity contribution in [3.8, 4) is 5.75 Å². The number of fused-ring (bicyclic) bond motifs is 2. The normalized spacial score (nSPS) is 24.9. The maximum Gasteiger partial charge on any atom is 0.264 e. The molecule has 3 heterocycles. The lowest BCUT2D eigenvalue weighted by atomic mass is 9.82. The first-order valence-corrected chi connectivity index (χ1v) is 20.7. The van der Waals surface area contributed by atoms with Crippen molar-refractivity contribution < 1.29 is 33.8 Å². The van der Waals surface area contributed by atoms with Crippen molar-refractivity contribution in [2.24, 2.45) is 5.92 Å². The van der Waals surface area contributed by atoms with E-state index in [-0.39, 0.29) is 36.8 Å². The number of aliphatic hydroxyl groups excluding tert-OH is 1. The Kier molecular flexibility index (Phi) is 11.4. The molecule has 0 saturated carbocycles. The Balaban J connectivity index is 1.52. The summed E-state index contributed by atoms with van der Waals surface area (Å²) < 4.78 is 12.1. The van der Waals surface area contributed by atoms with E-state index in [1.807, 2.05) is 32.2 Å². The van der Waals surface area contributed by atoms with Crippen LogP contribution in [0.15, 0.2) is 65.8 Å². The zero-order valence-corrected chi connectivity index (χ0v) is 31.5. The number of carbonyl (C=O) groups is 3. The van der Waals surface area contributed by atoms with E-state index in [0.29, 0.717) is 41.3 Å². The van der Waals surface area contributed by atoms with Crippen LogP contribution in [0.4, 0.5) is 11.4 Å². The maximum atomic E-state index is 14.9. The molecule has 5 rings (SSSR count). The van der Waals surface area contributed by atoms with Gasteiger partial charge in [0.25, 0.3) is 11.8 Å². The number of carbonyl (C=O) groups excluding carboxylic acids is 3. The second kappa shape index (κ2) is 15.2. The largest absolute Gasteiger partial charge is 0.497 e. The molecule has 2 aromatic carbocycles. The number of allylic oxidation sites excluding steroid dienone is 3. The quantitative estimate of drug-likeness (QED) is 0.179. The second-order valence-corrected chi connectivity index (χ2v) is 18.8. The molecule has 0 radical (unpaired) electrons. The number of likely N-dealkylation sites (tertiary alicyclic amines) is 1. The number of aliphatic hydroxyl groups is 1. The zero-order valence-electron chi connectivity index (χ0n) is 30.5. The van der Waals surface area contributed by atoms with Crippen LogP contribution >= 0.6 is 0 Å². The Hall–Kier alpha value is -3.77. The van der Waals surface area contributed by atoms with Crippen molar-refractivity contribution in [2.45, 2.75) is 96.2 Å². The molecular weight excluding hydrogens is 651 g/mol. The molecule has 3 aliphatic heterocycles. The molecule has 11 heteroatoms. The predicted molar refractivity (Wildman–Crippen MR) is 198 cm³/mol. The lowest BCUT2D eigenvalue weighted by molar-refractivity contribution is -0.149. The van der Waals surface area contributed by atoms with Gasteiger partial charge in [0.1, 0.15) is 5.75 Å². The van der Waals surface area contributed by atoms with E-state index >= 15 is 0 Å². The van der Waals surface area contributed by atoms with E-state index in [2.05, 4.69) is 38.2 Å². The third kappa shape index (κ3) is 7.46. The minimum Gasteiger partial charge on any atom is -0.497 e. The lowest BCUT2D eigenvalue weighted by Crippen LogP contribution is -2.46. The van der Waals surface area contributed by atoms with Gasteiger partial charge in [-0.2, -0.15) is 0 Å². The van der Waals surface area contributed by atoms with E-state index in [1.54, 1.807) is 47.2 Å². The van der Waals surface area contributed by atoms with Crippen molar-refractivity contribution in [3.05, 3.63) is 76.9 Å². The molecule has 0 aromatic heterocycles. The fraction of sp³-hybridized carbons (Fsp3) is 0.513. The molecule has 2 fully saturated rings. The lowest BCUT2D eigenvalue weighted by Gasteiger charge is -2.32. The van der Waals surface area contributed by atoms with Crippen LogP contribution in [-0.4, -0.2) is 79.8 Å². The molecule has 0 unspecified atom stereocenters. The fourth-order valence-corrected chi connectivity index (χ4v) is 10.6. The highest BCUT2D eigenvalue weighted by Gasteiger charge is 2.66. The third-order valence-corrected chi connectivity index (χ3v) is 13.1. The summed E-state index contributed by atoms with van der Waals surface area (Å²) in [6, 6.07) is 12.0. The van der Waals surface area contributed by atoms with Gasteiger partial charge < -0.3 is 34.5 Å². The van der Waals surface area contributed by atoms with Crippen molar-refractivity contribution in [1.29, 1.82) is 0 Å². The molecule has 10 nitrogen and oxygen atoms in total. The fourth-order valence-electron chi connectivity index (χ4n) is 8.06. The third-order valence-electron chi connectivity index (χ3n) is 10.6. The summed E-state index contributed by atoms with van der Waals surface area (Å²) in [7, 11) is -1.45. The Labute approximate surface area is 297 Å². The first-order chi connectivity index (χ1) is 23.7. The molecule has 0 bridgehead atoms. The first-order valence-electron chi connectivity index (χ1n) is 17.7. The molecule has 3 aliphatic rings. The van der Waals surface area contributed by atoms with Gasteiger partial charge in [-0.1, -0.05) is 30.2 Å². The van der Waals surface area contributed by atoms with Gasteiger partial charge in [0.05, 0.1) is 38.0 Å². The summed E-state index contributed by atoms with van der Waals surface area (Å²) in [5.74, 6) is -0.516. The summed E-state index contributed by atoms with van der Waals surface area (Å²) in [6.45, 7) is 12.6. The molecule has 3 N–H and O–H groups in total. The molecule has 0 aliphatic carbocycles. The Morgan fingerprint density at radius 1 is 1.12 bits per heavy atom. The van der Waals surface area contributed by atoms with E-state index in [4.69, 9.17) is 9.47 Å². The highest BCUT2D eigenvalue weighted by atomic mass is 28.4. The number of hydrogen-bond acceptors (Lipinski definition) is 7. The van der Waals surface area contributed by atoms with Gasteiger partial charge in [-0.25, -0.2) is 0 Å². The van der Waals surface area contributed by atoms with Crippen molar-refractivity contribution >= 4 is 37.4 Å². The molecule has 3 amide bonds. The number of nitrogens with one attached hydrogen (secondary N) is 1. The summed E-state index contributed by atoms with van der Waals surface area (Å²) in [4.78, 5) is 57.0. The zero-order chi connectivity index (χ0) is 36.4. The number of rotatable bonds is 12. The van der Waals surface area contributed by atoms with E-state index in [9.17, 15) is 24.3 Å². The minimum atomic E-state index is -3.01. The van der Waals surface area contributed by atoms with E-state index in [1.165, 1.54) is 5.57 Å². The minimum absolute atomic E-state index is 0.00410. The van der Waals surface area contributed by atoms with Crippen LogP contribution in [0.2, 0.25) is 18.6 Å². The number of anilines is 2. The average molecular weight is 704 g/mol. The number of nitrogens with zero attached hydrogens (tertiary/aromatic N) is 2. The average Bonchev–Trinajstić information content (AvgIpc) is 3.73. The van der Waals surface area contributed by atoms with Crippen molar-refractivity contribution in [2.75, 3.05) is 37.0 Å². The number of ether oxygens (including phenoxy) is 2. The molecule has 5 atom stereocenters. The van der Waals surface area contributed by atoms with Crippen LogP contribution in [0.5, 0.6) is 5.75 Å². The van der Waals surface area contributed by atoms with Crippen molar-refractivity contribution in [3.63, 3.8) is 0 Å². The van der Waals surface area contributed by atoms with Gasteiger partial charge in [0.2, 0.25) is 5.91 Å².